The maximum absolute atomic E-state index is 11.8. The fourth-order valence-electron chi connectivity index (χ4n) is 2.71. The molecule has 0 aromatic rings. The zero-order chi connectivity index (χ0) is 30.4. The van der Waals surface area contributed by atoms with Crippen molar-refractivity contribution >= 4 is 37.5 Å². The largest absolute Gasteiger partial charge is 0.756 e. The van der Waals surface area contributed by atoms with Gasteiger partial charge in [-0.3, -0.25) is 28.5 Å². The van der Waals surface area contributed by atoms with Gasteiger partial charge in [-0.25, -0.2) is 0 Å². The number of nitrogens with one attached hydrogen (secondary N) is 3. The van der Waals surface area contributed by atoms with Crippen molar-refractivity contribution in [3.05, 3.63) is 0 Å². The Labute approximate surface area is 233 Å². The number of hydrogen-bond donors (Lipinski definition) is 3. The van der Waals surface area contributed by atoms with E-state index in [1.54, 1.807) is 0 Å². The van der Waals surface area contributed by atoms with E-state index in [9.17, 15) is 33.4 Å². The summed E-state index contributed by atoms with van der Waals surface area (Å²) in [5, 5.41) is 7.82. The van der Waals surface area contributed by atoms with Gasteiger partial charge in [0.1, 0.15) is 13.2 Å². The second-order valence-corrected chi connectivity index (χ2v) is 9.96. The molecule has 40 heavy (non-hydrogen) atoms. The number of hydrogen-bond acceptors (Lipinski definition) is 13. The molecule has 0 saturated carbocycles. The van der Waals surface area contributed by atoms with Gasteiger partial charge in [0.2, 0.25) is 17.7 Å². The lowest BCUT2D eigenvalue weighted by molar-refractivity contribution is -0.228. The number of carbonyl (C=O) groups is 5. The molecule has 3 N–H and O–H groups in total. The van der Waals surface area contributed by atoms with E-state index in [4.69, 9.17) is 14.2 Å². The minimum absolute atomic E-state index is 0.0633. The van der Waals surface area contributed by atoms with Crippen LogP contribution in [-0.4, -0.2) is 101 Å². The summed E-state index contributed by atoms with van der Waals surface area (Å²) in [4.78, 5) is 68.7. The van der Waals surface area contributed by atoms with Crippen LogP contribution in [0.5, 0.6) is 0 Å². The van der Waals surface area contributed by atoms with E-state index < -0.39 is 51.6 Å². The van der Waals surface area contributed by atoms with Gasteiger partial charge in [-0.1, -0.05) is 0 Å². The maximum atomic E-state index is 11.8. The second-order valence-electron chi connectivity index (χ2n) is 8.55. The van der Waals surface area contributed by atoms with E-state index in [1.165, 1.54) is 0 Å². The van der Waals surface area contributed by atoms with Crippen LogP contribution in [0.1, 0.15) is 47.0 Å². The van der Waals surface area contributed by atoms with Crippen molar-refractivity contribution in [3.8, 4) is 0 Å². The topological polar surface area (TPSA) is 217 Å². The molecule has 0 saturated heterocycles. The van der Waals surface area contributed by atoms with E-state index in [-0.39, 0.29) is 63.7 Å². The van der Waals surface area contributed by atoms with Gasteiger partial charge in [0.15, 0.2) is 6.10 Å². The molecule has 0 spiro atoms. The third-order valence-corrected chi connectivity index (χ3v) is 5.29. The van der Waals surface area contributed by atoms with Gasteiger partial charge >= 0.3 is 11.9 Å². The van der Waals surface area contributed by atoms with Crippen LogP contribution in [0, 0.1) is 0 Å². The summed E-state index contributed by atoms with van der Waals surface area (Å²) in [5.41, 5.74) is 0. The van der Waals surface area contributed by atoms with Crippen molar-refractivity contribution in [1.82, 2.24) is 16.0 Å². The first-order chi connectivity index (χ1) is 18.8. The van der Waals surface area contributed by atoms with Gasteiger partial charge in [-0.15, -0.1) is 0 Å². The molecule has 0 heterocycles. The van der Waals surface area contributed by atoms with E-state index >= 15 is 0 Å². The minimum Gasteiger partial charge on any atom is -0.756 e. The van der Waals surface area contributed by atoms with Gasteiger partial charge in [0.05, 0.1) is 33.0 Å². The zero-order valence-electron chi connectivity index (χ0n) is 23.4. The van der Waals surface area contributed by atoms with Crippen molar-refractivity contribution in [2.45, 2.75) is 59.1 Å². The van der Waals surface area contributed by atoms with Crippen molar-refractivity contribution < 1.29 is 61.4 Å². The van der Waals surface area contributed by atoms with Crippen LogP contribution in [0.3, 0.4) is 0 Å². The number of ether oxygens (including phenoxy) is 4. The molecular weight excluding hydrogens is 557 g/mol. The summed E-state index contributed by atoms with van der Waals surface area (Å²) in [7, 11) is -4.78. The standard InChI is InChI=1S/C23H42N3O13P/c1-17(2)26-22(30)7-5-6-21(29)24-8-10-34-12-13-35-16-23(31)25-9-11-37-40(32,33)38-15-20(39-19(4)28)14-36-18(3)27/h17,20H,5-16H2,1-4H3,(H,24,29)(H,25,31)(H,26,30)(H,32,33)/p-1/t20-/m1/s1. The highest BCUT2D eigenvalue weighted by molar-refractivity contribution is 7.45. The average molecular weight is 599 g/mol. The molecule has 17 heteroatoms. The Morgan fingerprint density at radius 2 is 1.40 bits per heavy atom. The normalized spacial score (nSPS) is 13.2. The summed E-state index contributed by atoms with van der Waals surface area (Å²) in [5.74, 6) is -2.16. The van der Waals surface area contributed by atoms with Crippen molar-refractivity contribution in [1.29, 1.82) is 0 Å². The lowest BCUT2D eigenvalue weighted by Gasteiger charge is -2.25. The summed E-state index contributed by atoms with van der Waals surface area (Å²) in [6.07, 6.45) is -0.170. The molecule has 2 atom stereocenters. The molecule has 16 nitrogen and oxygen atoms in total. The highest BCUT2D eigenvalue weighted by Crippen LogP contribution is 2.38. The minimum atomic E-state index is -4.78. The predicted molar refractivity (Wildman–Crippen MR) is 136 cm³/mol. The Morgan fingerprint density at radius 3 is 2.05 bits per heavy atom. The van der Waals surface area contributed by atoms with Gasteiger partial charge in [0.25, 0.3) is 7.82 Å². The van der Waals surface area contributed by atoms with E-state index in [0.29, 0.717) is 13.0 Å². The molecule has 0 rings (SSSR count). The van der Waals surface area contributed by atoms with Crippen molar-refractivity contribution in [3.63, 3.8) is 0 Å². The number of carbonyl (C=O) groups excluding carboxylic acids is 5. The fraction of sp³-hybridized carbons (Fsp3) is 0.783. The summed E-state index contributed by atoms with van der Waals surface area (Å²) in [6.45, 7) is 4.90. The van der Waals surface area contributed by atoms with Crippen LogP contribution >= 0.6 is 7.82 Å². The number of rotatable bonds is 23. The fourth-order valence-corrected chi connectivity index (χ4v) is 3.45. The van der Waals surface area contributed by atoms with Crippen molar-refractivity contribution in [2.24, 2.45) is 0 Å². The lowest BCUT2D eigenvalue weighted by Crippen LogP contribution is -2.32. The Morgan fingerprint density at radius 1 is 0.775 bits per heavy atom. The van der Waals surface area contributed by atoms with Gasteiger partial charge in [-0.2, -0.15) is 0 Å². The quantitative estimate of drug-likeness (QED) is 0.0727. The molecule has 0 bridgehead atoms. The number of phosphoric ester groups is 1. The predicted octanol–water partition coefficient (Wildman–Crippen LogP) is -1.06. The molecule has 0 radical (unpaired) electrons. The van der Waals surface area contributed by atoms with E-state index in [1.807, 2.05) is 13.8 Å². The van der Waals surface area contributed by atoms with Gasteiger partial charge in [-0.05, 0) is 20.3 Å². The number of phosphoric acid groups is 1. The molecule has 232 valence electrons. The highest BCUT2D eigenvalue weighted by Gasteiger charge is 2.19. The molecule has 0 aromatic carbocycles. The first kappa shape index (κ1) is 37.4. The highest BCUT2D eigenvalue weighted by atomic mass is 31.2. The first-order valence-corrected chi connectivity index (χ1v) is 14.2. The van der Waals surface area contributed by atoms with Crippen molar-refractivity contribution in [2.75, 3.05) is 59.3 Å². The maximum Gasteiger partial charge on any atom is 0.303 e. The first-order valence-electron chi connectivity index (χ1n) is 12.7. The molecule has 0 aliphatic heterocycles. The van der Waals surface area contributed by atoms with Crippen LogP contribution < -0.4 is 20.8 Å². The Bertz CT molecular complexity index is 841. The average Bonchev–Trinajstić information content (AvgIpc) is 2.84. The summed E-state index contributed by atoms with van der Waals surface area (Å²) >= 11 is 0. The lowest BCUT2D eigenvalue weighted by atomic mass is 10.2. The number of amides is 3. The number of esters is 2. The van der Waals surface area contributed by atoms with Crippen LogP contribution in [0.15, 0.2) is 0 Å². The molecule has 0 aliphatic rings. The van der Waals surface area contributed by atoms with E-state index in [0.717, 1.165) is 13.8 Å². The molecule has 3 amide bonds. The second kappa shape index (κ2) is 22.1. The zero-order valence-corrected chi connectivity index (χ0v) is 24.3. The molecule has 0 fully saturated rings. The van der Waals surface area contributed by atoms with Gasteiger partial charge in [0, 0.05) is 45.8 Å². The van der Waals surface area contributed by atoms with E-state index in [2.05, 4.69) is 29.7 Å². The third kappa shape index (κ3) is 24.4. The smallest absolute Gasteiger partial charge is 0.303 e. The molecule has 0 aromatic heterocycles. The Kier molecular flexibility index (Phi) is 20.7. The van der Waals surface area contributed by atoms with Crippen LogP contribution in [0.4, 0.5) is 0 Å². The molecule has 0 aliphatic carbocycles. The SMILES string of the molecule is CC(=O)OC[C@H](COP(=O)([O-])OCCNC(=O)COCCOCCNC(=O)CCCC(=O)NC(C)C)OC(C)=O. The third-order valence-electron chi connectivity index (χ3n) is 4.33. The van der Waals surface area contributed by atoms with Crippen LogP contribution in [-0.2, 0) is 56.5 Å². The van der Waals surface area contributed by atoms with Crippen LogP contribution in [0.25, 0.3) is 0 Å². The molecular formula is C23H41N3O13P-. The summed E-state index contributed by atoms with van der Waals surface area (Å²) in [6, 6.07) is 0.0633. The van der Waals surface area contributed by atoms with Crippen LogP contribution in [0.2, 0.25) is 0 Å². The monoisotopic (exact) mass is 598 g/mol. The Balaban J connectivity index is 3.81. The molecule has 1 unspecified atom stereocenters. The summed E-state index contributed by atoms with van der Waals surface area (Å²) < 4.78 is 40.9. The Hall–Kier alpha value is -2.62. The van der Waals surface area contributed by atoms with Gasteiger partial charge < -0.3 is 48.8 Å².